The molecule has 1 heterocycles. The van der Waals surface area contributed by atoms with Crippen LogP contribution in [0.2, 0.25) is 0 Å². The molecule has 0 saturated heterocycles. The highest BCUT2D eigenvalue weighted by molar-refractivity contribution is 7.11. The van der Waals surface area contributed by atoms with Gasteiger partial charge in [-0.15, -0.1) is 21.5 Å². The number of hydrogen-bond donors (Lipinski definition) is 1. The van der Waals surface area contributed by atoms with E-state index < -0.39 is 0 Å². The Morgan fingerprint density at radius 1 is 0.950 bits per heavy atom. The lowest BCUT2D eigenvalue weighted by atomic mass is 10.1. The Kier molecular flexibility index (Phi) is 6.68. The van der Waals surface area contributed by atoms with Gasteiger partial charge < -0.3 is 5.32 Å². The third kappa shape index (κ3) is 5.39. The molecule has 1 aromatic carbocycles. The summed E-state index contributed by atoms with van der Waals surface area (Å²) in [4.78, 5) is 0. The standard InChI is InChI=1S/C16H23N3S/c1-2-17-13-7-12-16-19-18-15(20-16)11-6-10-14-8-4-3-5-9-14/h3-5,8-9,17H,2,6-7,10-13H2,1H3. The highest BCUT2D eigenvalue weighted by Gasteiger charge is 2.04. The second kappa shape index (κ2) is 8.82. The summed E-state index contributed by atoms with van der Waals surface area (Å²) in [7, 11) is 0. The molecule has 0 spiro atoms. The van der Waals surface area contributed by atoms with E-state index in [0.717, 1.165) is 45.2 Å². The molecule has 0 bridgehead atoms. The van der Waals surface area contributed by atoms with Gasteiger partial charge in [-0.1, -0.05) is 37.3 Å². The normalized spacial score (nSPS) is 10.8. The molecule has 0 aliphatic carbocycles. The Balaban J connectivity index is 1.67. The largest absolute Gasteiger partial charge is 0.317 e. The van der Waals surface area contributed by atoms with Gasteiger partial charge in [0.1, 0.15) is 10.0 Å². The Morgan fingerprint density at radius 3 is 2.35 bits per heavy atom. The lowest BCUT2D eigenvalue weighted by Crippen LogP contribution is -2.14. The topological polar surface area (TPSA) is 37.8 Å². The molecule has 2 rings (SSSR count). The maximum atomic E-state index is 4.29. The first-order valence-electron chi connectivity index (χ1n) is 7.44. The molecule has 0 aliphatic rings. The molecule has 1 N–H and O–H groups in total. The van der Waals surface area contributed by atoms with Crippen molar-refractivity contribution in [2.24, 2.45) is 0 Å². The minimum Gasteiger partial charge on any atom is -0.317 e. The second-order valence-corrected chi connectivity index (χ2v) is 6.03. The van der Waals surface area contributed by atoms with Crippen LogP contribution in [0.15, 0.2) is 30.3 Å². The highest BCUT2D eigenvalue weighted by atomic mass is 32.1. The Labute approximate surface area is 125 Å². The van der Waals surface area contributed by atoms with E-state index in [9.17, 15) is 0 Å². The molecule has 4 heteroatoms. The molecule has 20 heavy (non-hydrogen) atoms. The second-order valence-electron chi connectivity index (χ2n) is 4.89. The molecular weight excluding hydrogens is 266 g/mol. The van der Waals surface area contributed by atoms with E-state index in [1.165, 1.54) is 15.6 Å². The van der Waals surface area contributed by atoms with Gasteiger partial charge in [-0.3, -0.25) is 0 Å². The minimum absolute atomic E-state index is 1.04. The van der Waals surface area contributed by atoms with E-state index >= 15 is 0 Å². The van der Waals surface area contributed by atoms with Gasteiger partial charge in [0.2, 0.25) is 0 Å². The van der Waals surface area contributed by atoms with Gasteiger partial charge in [-0.05, 0) is 37.9 Å². The molecule has 0 fully saturated rings. The first kappa shape index (κ1) is 15.1. The predicted molar refractivity (Wildman–Crippen MR) is 85.2 cm³/mol. The summed E-state index contributed by atoms with van der Waals surface area (Å²) in [5.41, 5.74) is 1.41. The van der Waals surface area contributed by atoms with Crippen LogP contribution in [0.4, 0.5) is 0 Å². The summed E-state index contributed by atoms with van der Waals surface area (Å²) in [6, 6.07) is 10.6. The minimum atomic E-state index is 1.04. The van der Waals surface area contributed by atoms with E-state index in [1.807, 2.05) is 0 Å². The number of aryl methyl sites for hydroxylation is 3. The van der Waals surface area contributed by atoms with E-state index in [4.69, 9.17) is 0 Å². The van der Waals surface area contributed by atoms with Gasteiger partial charge in [0.25, 0.3) is 0 Å². The molecule has 0 amide bonds. The van der Waals surface area contributed by atoms with Crippen molar-refractivity contribution in [3.8, 4) is 0 Å². The van der Waals surface area contributed by atoms with Crippen LogP contribution < -0.4 is 5.32 Å². The van der Waals surface area contributed by atoms with Gasteiger partial charge >= 0.3 is 0 Å². The number of nitrogens with one attached hydrogen (secondary N) is 1. The van der Waals surface area contributed by atoms with Gasteiger partial charge in [0, 0.05) is 12.8 Å². The molecular formula is C16H23N3S. The fraction of sp³-hybridized carbons (Fsp3) is 0.500. The van der Waals surface area contributed by atoms with Crippen LogP contribution in [0.1, 0.15) is 35.3 Å². The first-order chi connectivity index (χ1) is 9.88. The van der Waals surface area contributed by atoms with Gasteiger partial charge in [0.05, 0.1) is 0 Å². The number of benzene rings is 1. The van der Waals surface area contributed by atoms with Crippen molar-refractivity contribution < 1.29 is 0 Å². The van der Waals surface area contributed by atoms with Crippen LogP contribution in [0.5, 0.6) is 0 Å². The van der Waals surface area contributed by atoms with Crippen LogP contribution >= 0.6 is 11.3 Å². The number of nitrogens with zero attached hydrogens (tertiary/aromatic N) is 2. The molecule has 1 aromatic heterocycles. The van der Waals surface area contributed by atoms with Crippen LogP contribution in [-0.2, 0) is 19.3 Å². The quantitative estimate of drug-likeness (QED) is 0.720. The molecule has 0 atom stereocenters. The molecule has 0 radical (unpaired) electrons. The van der Waals surface area contributed by atoms with E-state index in [0.29, 0.717) is 0 Å². The van der Waals surface area contributed by atoms with E-state index in [-0.39, 0.29) is 0 Å². The molecule has 3 nitrogen and oxygen atoms in total. The molecule has 2 aromatic rings. The summed E-state index contributed by atoms with van der Waals surface area (Å²) < 4.78 is 0. The van der Waals surface area contributed by atoms with Gasteiger partial charge in [-0.2, -0.15) is 0 Å². The predicted octanol–water partition coefficient (Wildman–Crippen LogP) is 3.26. The van der Waals surface area contributed by atoms with Crippen molar-refractivity contribution in [2.75, 3.05) is 13.1 Å². The Hall–Kier alpha value is -1.26. The number of rotatable bonds is 9. The fourth-order valence-electron chi connectivity index (χ4n) is 2.12. The van der Waals surface area contributed by atoms with Crippen LogP contribution in [0.25, 0.3) is 0 Å². The Morgan fingerprint density at radius 2 is 1.65 bits per heavy atom. The van der Waals surface area contributed by atoms with Gasteiger partial charge in [-0.25, -0.2) is 0 Å². The summed E-state index contributed by atoms with van der Waals surface area (Å²) in [6.45, 7) is 4.25. The third-order valence-corrected chi connectivity index (χ3v) is 4.24. The van der Waals surface area contributed by atoms with Crippen molar-refractivity contribution in [3.05, 3.63) is 45.9 Å². The number of hydrogen-bond acceptors (Lipinski definition) is 4. The number of aromatic nitrogens is 2. The monoisotopic (exact) mass is 289 g/mol. The van der Waals surface area contributed by atoms with Gasteiger partial charge in [0.15, 0.2) is 0 Å². The summed E-state index contributed by atoms with van der Waals surface area (Å²) >= 11 is 1.78. The van der Waals surface area contributed by atoms with Crippen LogP contribution in [-0.4, -0.2) is 23.3 Å². The third-order valence-electron chi connectivity index (χ3n) is 3.20. The molecule has 0 aliphatic heterocycles. The van der Waals surface area contributed by atoms with E-state index in [2.05, 4.69) is 52.8 Å². The first-order valence-corrected chi connectivity index (χ1v) is 8.26. The SMILES string of the molecule is CCNCCCc1nnc(CCCc2ccccc2)s1. The molecule has 108 valence electrons. The lowest BCUT2D eigenvalue weighted by molar-refractivity contribution is 0.668. The van der Waals surface area contributed by atoms with Crippen molar-refractivity contribution in [1.29, 1.82) is 0 Å². The average molecular weight is 289 g/mol. The summed E-state index contributed by atoms with van der Waals surface area (Å²) in [5, 5.41) is 14.3. The van der Waals surface area contributed by atoms with Crippen molar-refractivity contribution in [3.63, 3.8) is 0 Å². The summed E-state index contributed by atoms with van der Waals surface area (Å²) in [6.07, 6.45) is 5.50. The highest BCUT2D eigenvalue weighted by Crippen LogP contribution is 2.14. The molecule has 0 saturated carbocycles. The Bertz CT molecular complexity index is 481. The maximum absolute atomic E-state index is 4.29. The smallest absolute Gasteiger partial charge is 0.117 e. The lowest BCUT2D eigenvalue weighted by Gasteiger charge is -1.99. The van der Waals surface area contributed by atoms with Crippen molar-refractivity contribution in [2.45, 2.75) is 39.0 Å². The molecule has 0 unspecified atom stereocenters. The van der Waals surface area contributed by atoms with Crippen molar-refractivity contribution >= 4 is 11.3 Å². The zero-order valence-corrected chi connectivity index (χ0v) is 13.0. The fourth-order valence-corrected chi connectivity index (χ4v) is 3.05. The zero-order chi connectivity index (χ0) is 14.0. The van der Waals surface area contributed by atoms with Crippen LogP contribution in [0, 0.1) is 0 Å². The van der Waals surface area contributed by atoms with Crippen LogP contribution in [0.3, 0.4) is 0 Å². The summed E-state index contributed by atoms with van der Waals surface area (Å²) in [5.74, 6) is 0. The maximum Gasteiger partial charge on any atom is 0.117 e. The zero-order valence-electron chi connectivity index (χ0n) is 12.1. The average Bonchev–Trinajstić information content (AvgIpc) is 2.93. The van der Waals surface area contributed by atoms with Crippen molar-refractivity contribution in [1.82, 2.24) is 15.5 Å². The van der Waals surface area contributed by atoms with E-state index in [1.54, 1.807) is 11.3 Å².